The third-order valence-corrected chi connectivity index (χ3v) is 3.17. The minimum Gasteiger partial charge on any atom is -0.493 e. The molecule has 0 N–H and O–H groups in total. The zero-order valence-corrected chi connectivity index (χ0v) is 10.9. The molecule has 0 amide bonds. The van der Waals surface area contributed by atoms with Crippen molar-refractivity contribution in [3.8, 4) is 11.5 Å². The zero-order chi connectivity index (χ0) is 13.1. The quantitative estimate of drug-likeness (QED) is 0.819. The third-order valence-electron chi connectivity index (χ3n) is 3.17. The Morgan fingerprint density at radius 1 is 1.11 bits per heavy atom. The molecule has 3 nitrogen and oxygen atoms in total. The van der Waals surface area contributed by atoms with Crippen molar-refractivity contribution in [2.24, 2.45) is 0 Å². The van der Waals surface area contributed by atoms with Gasteiger partial charge in [-0.2, -0.15) is 0 Å². The molecule has 0 aliphatic carbocycles. The highest BCUT2D eigenvalue weighted by atomic mass is 16.5. The van der Waals surface area contributed by atoms with Gasteiger partial charge in [-0.3, -0.25) is 0 Å². The zero-order valence-electron chi connectivity index (χ0n) is 10.9. The molecular weight excluding hydrogens is 228 g/mol. The first-order chi connectivity index (χ1) is 8.65. The second-order valence-electron chi connectivity index (χ2n) is 4.33. The number of rotatable bonds is 3. The summed E-state index contributed by atoms with van der Waals surface area (Å²) in [6.07, 6.45) is 0.789. The Labute approximate surface area is 108 Å². The summed E-state index contributed by atoms with van der Waals surface area (Å²) in [4.78, 5) is 0. The number of ether oxygens (including phenoxy) is 3. The molecule has 96 valence electrons. The van der Waals surface area contributed by atoms with Gasteiger partial charge in [0.15, 0.2) is 11.5 Å². The van der Waals surface area contributed by atoms with Gasteiger partial charge in [0, 0.05) is 6.42 Å². The highest BCUT2D eigenvalue weighted by Gasteiger charge is 2.21. The van der Waals surface area contributed by atoms with Gasteiger partial charge in [0.05, 0.1) is 26.9 Å². The van der Waals surface area contributed by atoms with Gasteiger partial charge in [-0.05, 0) is 28.8 Å². The molecule has 1 atom stereocenters. The van der Waals surface area contributed by atoms with Crippen LogP contribution in [0, 0.1) is 0 Å². The van der Waals surface area contributed by atoms with Gasteiger partial charge in [0.25, 0.3) is 0 Å². The summed E-state index contributed by atoms with van der Waals surface area (Å²) < 4.78 is 16.3. The molecule has 1 unspecified atom stereocenters. The molecule has 1 heterocycles. The molecule has 0 aromatic heterocycles. The molecular formula is C15H18O3. The van der Waals surface area contributed by atoms with E-state index in [-0.39, 0.29) is 6.10 Å². The Balaban J connectivity index is 2.23. The van der Waals surface area contributed by atoms with E-state index in [4.69, 9.17) is 14.2 Å². The van der Waals surface area contributed by atoms with Crippen molar-refractivity contribution < 1.29 is 14.2 Å². The second-order valence-corrected chi connectivity index (χ2v) is 4.33. The lowest BCUT2D eigenvalue weighted by atomic mass is 9.95. The molecule has 1 saturated heterocycles. The normalized spacial score (nSPS) is 19.8. The fraction of sp³-hybridized carbons (Fsp3) is 0.333. The van der Waals surface area contributed by atoms with E-state index < -0.39 is 0 Å². The summed E-state index contributed by atoms with van der Waals surface area (Å²) in [5.41, 5.74) is 3.11. The molecule has 0 radical (unpaired) electrons. The van der Waals surface area contributed by atoms with Crippen molar-refractivity contribution in [2.75, 3.05) is 20.8 Å². The van der Waals surface area contributed by atoms with E-state index in [2.05, 4.69) is 13.2 Å². The van der Waals surface area contributed by atoms with Gasteiger partial charge in [0.2, 0.25) is 0 Å². The van der Waals surface area contributed by atoms with Crippen LogP contribution in [-0.4, -0.2) is 20.8 Å². The Morgan fingerprint density at radius 2 is 1.83 bits per heavy atom. The van der Waals surface area contributed by atoms with Gasteiger partial charge < -0.3 is 14.2 Å². The maximum atomic E-state index is 5.76. The predicted molar refractivity (Wildman–Crippen MR) is 71.1 cm³/mol. The van der Waals surface area contributed by atoms with Crippen molar-refractivity contribution in [1.82, 2.24) is 0 Å². The van der Waals surface area contributed by atoms with Gasteiger partial charge in [-0.25, -0.2) is 0 Å². The van der Waals surface area contributed by atoms with Gasteiger partial charge in [-0.15, -0.1) is 0 Å². The fourth-order valence-electron chi connectivity index (χ4n) is 2.00. The van der Waals surface area contributed by atoms with Crippen LogP contribution in [-0.2, 0) is 4.74 Å². The van der Waals surface area contributed by atoms with Gasteiger partial charge >= 0.3 is 0 Å². The largest absolute Gasteiger partial charge is 0.493 e. The number of benzene rings is 1. The van der Waals surface area contributed by atoms with E-state index in [1.165, 1.54) is 0 Å². The van der Waals surface area contributed by atoms with E-state index in [9.17, 15) is 0 Å². The molecule has 0 spiro atoms. The standard InChI is InChI=1S/C15H18O3/c1-10-7-14(18-9-11(10)2)12-5-6-13(16-3)15(8-12)17-4/h5-6,8,14H,1-2,7,9H2,3-4H3. The molecule has 0 bridgehead atoms. The molecule has 2 rings (SSSR count). The lowest BCUT2D eigenvalue weighted by Gasteiger charge is -2.26. The maximum absolute atomic E-state index is 5.76. The van der Waals surface area contributed by atoms with Crippen LogP contribution >= 0.6 is 0 Å². The first kappa shape index (κ1) is 12.7. The van der Waals surface area contributed by atoms with Crippen LogP contribution in [0.25, 0.3) is 0 Å². The van der Waals surface area contributed by atoms with E-state index in [0.717, 1.165) is 28.9 Å². The molecule has 18 heavy (non-hydrogen) atoms. The average molecular weight is 246 g/mol. The van der Waals surface area contributed by atoms with Crippen LogP contribution in [0.5, 0.6) is 11.5 Å². The van der Waals surface area contributed by atoms with Gasteiger partial charge in [-0.1, -0.05) is 19.2 Å². The Kier molecular flexibility index (Phi) is 3.72. The molecule has 1 aromatic carbocycles. The molecule has 0 saturated carbocycles. The van der Waals surface area contributed by atoms with E-state index in [1.807, 2.05) is 18.2 Å². The minimum absolute atomic E-state index is 0.0165. The van der Waals surface area contributed by atoms with Crippen LogP contribution in [0.4, 0.5) is 0 Å². The summed E-state index contributed by atoms with van der Waals surface area (Å²) in [6, 6.07) is 5.84. The fourth-order valence-corrected chi connectivity index (χ4v) is 2.00. The van der Waals surface area contributed by atoms with E-state index in [0.29, 0.717) is 12.4 Å². The predicted octanol–water partition coefficient (Wildman–Crippen LogP) is 3.28. The summed E-state index contributed by atoms with van der Waals surface area (Å²) in [7, 11) is 3.25. The molecule has 1 aromatic rings. The summed E-state index contributed by atoms with van der Waals surface area (Å²) in [5.74, 6) is 1.44. The van der Waals surface area contributed by atoms with Crippen molar-refractivity contribution >= 4 is 0 Å². The Morgan fingerprint density at radius 3 is 2.44 bits per heavy atom. The van der Waals surface area contributed by atoms with Gasteiger partial charge in [0.1, 0.15) is 0 Å². The van der Waals surface area contributed by atoms with Crippen LogP contribution in [0.15, 0.2) is 42.5 Å². The first-order valence-electron chi connectivity index (χ1n) is 5.85. The third kappa shape index (κ3) is 2.41. The van der Waals surface area contributed by atoms with Crippen LogP contribution < -0.4 is 9.47 Å². The Hall–Kier alpha value is -1.74. The second kappa shape index (κ2) is 5.27. The highest BCUT2D eigenvalue weighted by molar-refractivity contribution is 5.44. The monoisotopic (exact) mass is 246 g/mol. The van der Waals surface area contributed by atoms with Crippen LogP contribution in [0.2, 0.25) is 0 Å². The first-order valence-corrected chi connectivity index (χ1v) is 5.85. The number of hydrogen-bond acceptors (Lipinski definition) is 3. The van der Waals surface area contributed by atoms with Crippen molar-refractivity contribution in [2.45, 2.75) is 12.5 Å². The number of hydrogen-bond donors (Lipinski definition) is 0. The smallest absolute Gasteiger partial charge is 0.161 e. The van der Waals surface area contributed by atoms with Crippen LogP contribution in [0.3, 0.4) is 0 Å². The van der Waals surface area contributed by atoms with Crippen molar-refractivity contribution in [1.29, 1.82) is 0 Å². The topological polar surface area (TPSA) is 27.7 Å². The summed E-state index contributed by atoms with van der Waals surface area (Å²) >= 11 is 0. The average Bonchev–Trinajstić information content (AvgIpc) is 2.41. The molecule has 1 fully saturated rings. The van der Waals surface area contributed by atoms with E-state index >= 15 is 0 Å². The molecule has 1 aliphatic rings. The lowest BCUT2D eigenvalue weighted by molar-refractivity contribution is 0.0570. The maximum Gasteiger partial charge on any atom is 0.161 e. The van der Waals surface area contributed by atoms with Crippen molar-refractivity contribution in [3.05, 3.63) is 48.1 Å². The summed E-state index contributed by atoms with van der Waals surface area (Å²) in [5, 5.41) is 0. The Bertz CT molecular complexity index is 477. The highest BCUT2D eigenvalue weighted by Crippen LogP contribution is 2.36. The van der Waals surface area contributed by atoms with E-state index in [1.54, 1.807) is 14.2 Å². The summed E-state index contributed by atoms with van der Waals surface area (Å²) in [6.45, 7) is 8.47. The number of methoxy groups -OCH3 is 2. The minimum atomic E-state index is 0.0165. The van der Waals surface area contributed by atoms with Crippen molar-refractivity contribution in [3.63, 3.8) is 0 Å². The molecule has 3 heteroatoms. The van der Waals surface area contributed by atoms with Crippen LogP contribution in [0.1, 0.15) is 18.1 Å². The molecule has 1 aliphatic heterocycles. The lowest BCUT2D eigenvalue weighted by Crippen LogP contribution is -2.15. The SMILES string of the molecule is C=C1COC(c2ccc(OC)c(OC)c2)CC1=C.